The fraction of sp³-hybridized carbons (Fsp3) is 0.684. The van der Waals surface area contributed by atoms with E-state index in [9.17, 15) is 9.59 Å². The summed E-state index contributed by atoms with van der Waals surface area (Å²) in [7, 11) is 1.69. The van der Waals surface area contributed by atoms with Crippen molar-refractivity contribution >= 4 is 5.91 Å². The number of amides is 1. The molecule has 2 saturated heterocycles. The highest BCUT2D eigenvalue weighted by Crippen LogP contribution is 2.14. The molecule has 2 fully saturated rings. The minimum Gasteiger partial charge on any atom is -0.383 e. The van der Waals surface area contributed by atoms with Crippen LogP contribution in [-0.4, -0.2) is 79.4 Å². The quantitative estimate of drug-likeness (QED) is 0.746. The van der Waals surface area contributed by atoms with Crippen molar-refractivity contribution in [2.75, 3.05) is 53.0 Å². The highest BCUT2D eigenvalue weighted by atomic mass is 16.5. The zero-order valence-corrected chi connectivity index (χ0v) is 15.8. The van der Waals surface area contributed by atoms with Crippen LogP contribution in [0.1, 0.15) is 28.8 Å². The number of piperazine rings is 1. The number of aryl methyl sites for hydroxylation is 1. The maximum atomic E-state index is 13.0. The normalized spacial score (nSPS) is 21.3. The molecule has 0 bridgehead atoms. The number of carbonyl (C=O) groups is 1. The minimum atomic E-state index is -0.202. The number of hydrogen-bond acceptors (Lipinski definition) is 5. The van der Waals surface area contributed by atoms with Gasteiger partial charge in [0.05, 0.1) is 19.3 Å². The van der Waals surface area contributed by atoms with Crippen molar-refractivity contribution in [3.63, 3.8) is 0 Å². The van der Waals surface area contributed by atoms with Crippen molar-refractivity contribution in [1.29, 1.82) is 0 Å². The van der Waals surface area contributed by atoms with Crippen LogP contribution in [0.2, 0.25) is 0 Å². The van der Waals surface area contributed by atoms with Crippen molar-refractivity contribution in [3.05, 3.63) is 33.7 Å². The number of rotatable bonds is 6. The molecular formula is C19H29N3O4. The van der Waals surface area contributed by atoms with E-state index in [1.165, 1.54) is 0 Å². The Balaban J connectivity index is 1.70. The predicted octanol–water partition coefficient (Wildman–Crippen LogP) is 0.740. The third kappa shape index (κ3) is 4.34. The van der Waals surface area contributed by atoms with E-state index in [0.29, 0.717) is 31.8 Å². The summed E-state index contributed by atoms with van der Waals surface area (Å²) < 4.78 is 12.4. The largest absolute Gasteiger partial charge is 0.383 e. The Morgan fingerprint density at radius 2 is 2.08 bits per heavy atom. The molecule has 0 N–H and O–H groups in total. The molecule has 2 aliphatic heterocycles. The van der Waals surface area contributed by atoms with Gasteiger partial charge < -0.3 is 18.9 Å². The van der Waals surface area contributed by atoms with Crippen LogP contribution in [-0.2, 0) is 16.0 Å². The lowest BCUT2D eigenvalue weighted by Gasteiger charge is -2.34. The second-order valence-electron chi connectivity index (χ2n) is 7.09. The van der Waals surface area contributed by atoms with E-state index in [4.69, 9.17) is 9.47 Å². The molecule has 26 heavy (non-hydrogen) atoms. The van der Waals surface area contributed by atoms with Gasteiger partial charge in [-0.05, 0) is 31.4 Å². The molecule has 1 amide bonds. The fourth-order valence-corrected chi connectivity index (χ4v) is 3.63. The summed E-state index contributed by atoms with van der Waals surface area (Å²) in [6, 6.07) is 1.86. The first-order valence-corrected chi connectivity index (χ1v) is 9.42. The van der Waals surface area contributed by atoms with Gasteiger partial charge in [0.2, 0.25) is 0 Å². The van der Waals surface area contributed by atoms with E-state index in [-0.39, 0.29) is 17.6 Å². The average molecular weight is 363 g/mol. The summed E-state index contributed by atoms with van der Waals surface area (Å²) in [5.74, 6) is -0.152. The van der Waals surface area contributed by atoms with Crippen LogP contribution in [0.3, 0.4) is 0 Å². The zero-order valence-electron chi connectivity index (χ0n) is 15.8. The van der Waals surface area contributed by atoms with Gasteiger partial charge in [-0.15, -0.1) is 0 Å². The lowest BCUT2D eigenvalue weighted by Crippen LogP contribution is -2.50. The number of nitrogens with zero attached hydrogens (tertiary/aromatic N) is 3. The van der Waals surface area contributed by atoms with Crippen LogP contribution in [0.5, 0.6) is 0 Å². The summed E-state index contributed by atoms with van der Waals surface area (Å²) in [5.41, 5.74) is 0.841. The molecule has 0 spiro atoms. The Labute approximate surface area is 154 Å². The van der Waals surface area contributed by atoms with E-state index < -0.39 is 0 Å². The Morgan fingerprint density at radius 1 is 1.31 bits per heavy atom. The van der Waals surface area contributed by atoms with Gasteiger partial charge >= 0.3 is 0 Å². The number of ether oxygens (including phenoxy) is 2. The number of carbonyl (C=O) groups excluding carboxylic acids is 1. The van der Waals surface area contributed by atoms with Gasteiger partial charge in [-0.1, -0.05) is 0 Å². The summed E-state index contributed by atoms with van der Waals surface area (Å²) in [6.07, 6.45) is 3.85. The summed E-state index contributed by atoms with van der Waals surface area (Å²) >= 11 is 0. The van der Waals surface area contributed by atoms with Crippen LogP contribution in [0, 0.1) is 6.92 Å². The maximum absolute atomic E-state index is 13.0. The lowest BCUT2D eigenvalue weighted by atomic mass is 10.1. The Bertz CT molecular complexity index is 674. The molecule has 3 heterocycles. The molecule has 0 aromatic carbocycles. The van der Waals surface area contributed by atoms with Gasteiger partial charge in [-0.25, -0.2) is 0 Å². The molecule has 1 aromatic heterocycles. The van der Waals surface area contributed by atoms with Gasteiger partial charge in [0.1, 0.15) is 5.56 Å². The molecule has 1 atom stereocenters. The molecule has 2 aliphatic rings. The summed E-state index contributed by atoms with van der Waals surface area (Å²) in [4.78, 5) is 30.0. The molecule has 0 aliphatic carbocycles. The first-order chi connectivity index (χ1) is 12.6. The first kappa shape index (κ1) is 19.1. The van der Waals surface area contributed by atoms with Crippen LogP contribution in [0.4, 0.5) is 0 Å². The van der Waals surface area contributed by atoms with Crippen LogP contribution in [0.15, 0.2) is 17.1 Å². The third-order valence-electron chi connectivity index (χ3n) is 5.28. The van der Waals surface area contributed by atoms with Gasteiger partial charge in [-0.3, -0.25) is 14.5 Å². The van der Waals surface area contributed by atoms with E-state index in [1.807, 2.05) is 13.0 Å². The van der Waals surface area contributed by atoms with E-state index in [0.717, 1.165) is 44.6 Å². The average Bonchev–Trinajstić information content (AvgIpc) is 3.16. The van der Waals surface area contributed by atoms with Crippen molar-refractivity contribution in [2.45, 2.75) is 32.4 Å². The molecule has 7 heteroatoms. The minimum absolute atomic E-state index is 0.0719. The van der Waals surface area contributed by atoms with Crippen LogP contribution < -0.4 is 5.56 Å². The van der Waals surface area contributed by atoms with Crippen molar-refractivity contribution < 1.29 is 14.3 Å². The third-order valence-corrected chi connectivity index (χ3v) is 5.28. The summed E-state index contributed by atoms with van der Waals surface area (Å²) in [6.45, 7) is 7.57. The Morgan fingerprint density at radius 3 is 2.73 bits per heavy atom. The van der Waals surface area contributed by atoms with Gasteiger partial charge in [0.25, 0.3) is 11.5 Å². The molecule has 3 rings (SSSR count). The van der Waals surface area contributed by atoms with Crippen LogP contribution >= 0.6 is 0 Å². The van der Waals surface area contributed by atoms with E-state index in [2.05, 4.69) is 4.90 Å². The second-order valence-corrected chi connectivity index (χ2v) is 7.09. The zero-order chi connectivity index (χ0) is 18.5. The number of hydrogen-bond donors (Lipinski definition) is 0. The standard InChI is InChI=1S/C19H29N3O4/c1-15-5-6-22(14-16-4-3-12-26-16)19(24)17(15)18(23)21-9-7-20(8-10-21)11-13-25-2/h5-6,16H,3-4,7-14H2,1-2H3. The monoisotopic (exact) mass is 363 g/mol. The molecule has 1 unspecified atom stereocenters. The van der Waals surface area contributed by atoms with Crippen molar-refractivity contribution in [3.8, 4) is 0 Å². The fourth-order valence-electron chi connectivity index (χ4n) is 3.63. The number of aromatic nitrogens is 1. The first-order valence-electron chi connectivity index (χ1n) is 9.42. The molecule has 0 saturated carbocycles. The smallest absolute Gasteiger partial charge is 0.263 e. The number of pyridine rings is 1. The molecule has 1 aromatic rings. The van der Waals surface area contributed by atoms with Crippen molar-refractivity contribution in [1.82, 2.24) is 14.4 Å². The molecular weight excluding hydrogens is 334 g/mol. The summed E-state index contributed by atoms with van der Waals surface area (Å²) in [5, 5.41) is 0. The predicted molar refractivity (Wildman–Crippen MR) is 98.6 cm³/mol. The van der Waals surface area contributed by atoms with Gasteiger partial charge in [0.15, 0.2) is 0 Å². The van der Waals surface area contributed by atoms with Gasteiger partial charge in [0, 0.05) is 52.6 Å². The number of methoxy groups -OCH3 is 1. The second kappa shape index (κ2) is 8.79. The maximum Gasteiger partial charge on any atom is 0.263 e. The SMILES string of the molecule is COCCN1CCN(C(=O)c2c(C)ccn(CC3CCCO3)c2=O)CC1. The lowest BCUT2D eigenvalue weighted by molar-refractivity contribution is 0.0589. The van der Waals surface area contributed by atoms with Crippen LogP contribution in [0.25, 0.3) is 0 Å². The van der Waals surface area contributed by atoms with Gasteiger partial charge in [-0.2, -0.15) is 0 Å². The van der Waals surface area contributed by atoms with E-state index in [1.54, 1.807) is 22.8 Å². The van der Waals surface area contributed by atoms with Crippen molar-refractivity contribution in [2.24, 2.45) is 0 Å². The Hall–Kier alpha value is -1.70. The molecule has 144 valence electrons. The highest BCUT2D eigenvalue weighted by Gasteiger charge is 2.26. The highest BCUT2D eigenvalue weighted by molar-refractivity contribution is 5.95. The molecule has 7 nitrogen and oxygen atoms in total. The van der Waals surface area contributed by atoms with E-state index >= 15 is 0 Å². The topological polar surface area (TPSA) is 64.0 Å². The molecule has 0 radical (unpaired) electrons. The Kier molecular flexibility index (Phi) is 6.45.